The zero-order chi connectivity index (χ0) is 17.6. The Kier molecular flexibility index (Phi) is 9.43. The Bertz CT molecular complexity index is 703. The third-order valence-electron chi connectivity index (χ3n) is 5.72. The smallest absolute Gasteiger partial charge is 0.122 e. The first kappa shape index (κ1) is 22.9. The predicted molar refractivity (Wildman–Crippen MR) is 123 cm³/mol. The van der Waals surface area contributed by atoms with E-state index in [1.807, 2.05) is 0 Å². The Labute approximate surface area is 181 Å². The number of para-hydroxylation sites is 1. The Morgan fingerprint density at radius 3 is 2.32 bits per heavy atom. The Hall–Kier alpha value is -1.42. The Balaban J connectivity index is 0.00000140. The van der Waals surface area contributed by atoms with Gasteiger partial charge in [0.25, 0.3) is 0 Å². The second kappa shape index (κ2) is 11.5. The summed E-state index contributed by atoms with van der Waals surface area (Å²) in [6.07, 6.45) is 6.14. The van der Waals surface area contributed by atoms with E-state index in [4.69, 9.17) is 4.74 Å². The number of nitrogens with zero attached hydrogens (tertiary/aromatic N) is 2. The van der Waals surface area contributed by atoms with Gasteiger partial charge in [-0.15, -0.1) is 24.8 Å². The van der Waals surface area contributed by atoms with E-state index in [0.29, 0.717) is 0 Å². The van der Waals surface area contributed by atoms with Crippen LogP contribution in [0.3, 0.4) is 0 Å². The summed E-state index contributed by atoms with van der Waals surface area (Å²) in [5.74, 6) is 1.14. The van der Waals surface area contributed by atoms with Crippen LogP contribution in [0.15, 0.2) is 48.5 Å². The molecule has 1 aliphatic carbocycles. The fourth-order valence-corrected chi connectivity index (χ4v) is 4.22. The van der Waals surface area contributed by atoms with E-state index < -0.39 is 0 Å². The van der Waals surface area contributed by atoms with Crippen LogP contribution in [0.1, 0.15) is 30.4 Å². The average Bonchev–Trinajstić information content (AvgIpc) is 2.72. The molecule has 1 heterocycles. The number of fused-ring (bicyclic) bond motifs is 1. The summed E-state index contributed by atoms with van der Waals surface area (Å²) in [7, 11) is 0. The van der Waals surface area contributed by atoms with E-state index in [9.17, 15) is 0 Å². The molecule has 1 aliphatic heterocycles. The second-order valence-corrected chi connectivity index (χ2v) is 7.47. The summed E-state index contributed by atoms with van der Waals surface area (Å²) in [5, 5.41) is 0. The molecule has 0 spiro atoms. The first-order valence-corrected chi connectivity index (χ1v) is 10.2. The summed E-state index contributed by atoms with van der Waals surface area (Å²) < 4.78 is 6.15. The zero-order valence-corrected chi connectivity index (χ0v) is 18.1. The van der Waals surface area contributed by atoms with E-state index in [1.54, 1.807) is 0 Å². The highest BCUT2D eigenvalue weighted by molar-refractivity contribution is 5.85. The topological polar surface area (TPSA) is 15.7 Å². The third-order valence-corrected chi connectivity index (χ3v) is 5.72. The summed E-state index contributed by atoms with van der Waals surface area (Å²) >= 11 is 0. The number of piperazine rings is 1. The molecule has 0 aromatic heterocycles. The number of ether oxygens (including phenoxy) is 1. The van der Waals surface area contributed by atoms with Gasteiger partial charge in [-0.25, -0.2) is 0 Å². The van der Waals surface area contributed by atoms with Gasteiger partial charge in [-0.3, -0.25) is 4.90 Å². The number of aryl methyl sites for hydroxylation is 1. The first-order valence-electron chi connectivity index (χ1n) is 10.2. The van der Waals surface area contributed by atoms with Crippen LogP contribution in [0.25, 0.3) is 0 Å². The Morgan fingerprint density at radius 1 is 0.786 bits per heavy atom. The molecule has 0 radical (unpaired) electrons. The minimum Gasteiger partial charge on any atom is -0.493 e. The van der Waals surface area contributed by atoms with Crippen LogP contribution < -0.4 is 9.64 Å². The monoisotopic (exact) mass is 422 g/mol. The number of anilines is 1. The maximum absolute atomic E-state index is 6.15. The van der Waals surface area contributed by atoms with Gasteiger partial charge in [-0.1, -0.05) is 30.3 Å². The lowest BCUT2D eigenvalue weighted by molar-refractivity contribution is 0.224. The van der Waals surface area contributed by atoms with Crippen molar-refractivity contribution < 1.29 is 4.74 Å². The molecule has 0 atom stereocenters. The number of benzene rings is 2. The minimum atomic E-state index is 0. The van der Waals surface area contributed by atoms with Crippen LogP contribution in [0.5, 0.6) is 5.75 Å². The molecule has 154 valence electrons. The van der Waals surface area contributed by atoms with Crippen molar-refractivity contribution >= 4 is 30.5 Å². The van der Waals surface area contributed by atoms with E-state index in [2.05, 4.69) is 58.3 Å². The number of hydrogen-bond donors (Lipinski definition) is 0. The number of rotatable bonds is 6. The van der Waals surface area contributed by atoms with Crippen molar-refractivity contribution in [2.75, 3.05) is 44.2 Å². The lowest BCUT2D eigenvalue weighted by Crippen LogP contribution is -2.46. The molecular weight excluding hydrogens is 391 g/mol. The van der Waals surface area contributed by atoms with Crippen molar-refractivity contribution in [3.05, 3.63) is 59.7 Å². The van der Waals surface area contributed by atoms with E-state index >= 15 is 0 Å². The molecular formula is C23H32Cl2N2O. The molecule has 0 amide bonds. The summed E-state index contributed by atoms with van der Waals surface area (Å²) in [6.45, 7) is 6.51. The van der Waals surface area contributed by atoms with Crippen LogP contribution in [-0.2, 0) is 12.8 Å². The molecule has 0 N–H and O–H groups in total. The maximum atomic E-state index is 6.15. The maximum Gasteiger partial charge on any atom is 0.122 e. The summed E-state index contributed by atoms with van der Waals surface area (Å²) in [6, 6.07) is 17.3. The highest BCUT2D eigenvalue weighted by Gasteiger charge is 2.17. The SMILES string of the molecule is Cl.Cl.c1ccc(N2CCN(CCCOc3cccc4c3CCCC4)CC2)cc1. The predicted octanol–water partition coefficient (Wildman–Crippen LogP) is 5.00. The fourth-order valence-electron chi connectivity index (χ4n) is 4.22. The largest absolute Gasteiger partial charge is 0.493 e. The van der Waals surface area contributed by atoms with Gasteiger partial charge in [0.1, 0.15) is 5.75 Å². The van der Waals surface area contributed by atoms with Gasteiger partial charge in [0.15, 0.2) is 0 Å². The Morgan fingerprint density at radius 2 is 1.54 bits per heavy atom. The molecule has 2 aromatic rings. The van der Waals surface area contributed by atoms with Crippen LogP contribution in [0.4, 0.5) is 5.69 Å². The van der Waals surface area contributed by atoms with Gasteiger partial charge >= 0.3 is 0 Å². The van der Waals surface area contributed by atoms with E-state index in [0.717, 1.165) is 51.5 Å². The van der Waals surface area contributed by atoms with E-state index in [-0.39, 0.29) is 24.8 Å². The highest BCUT2D eigenvalue weighted by atomic mass is 35.5. The lowest BCUT2D eigenvalue weighted by atomic mass is 9.91. The van der Waals surface area contributed by atoms with Crippen LogP contribution in [0.2, 0.25) is 0 Å². The molecule has 2 aliphatic rings. The van der Waals surface area contributed by atoms with Gasteiger partial charge in [0.2, 0.25) is 0 Å². The molecule has 0 saturated carbocycles. The number of hydrogen-bond acceptors (Lipinski definition) is 3. The number of halogens is 2. The molecule has 4 rings (SSSR count). The van der Waals surface area contributed by atoms with Crippen LogP contribution in [-0.4, -0.2) is 44.2 Å². The third kappa shape index (κ3) is 5.79. The van der Waals surface area contributed by atoms with Crippen molar-refractivity contribution in [3.63, 3.8) is 0 Å². The molecule has 5 heteroatoms. The highest BCUT2D eigenvalue weighted by Crippen LogP contribution is 2.29. The van der Waals surface area contributed by atoms with Crippen LogP contribution >= 0.6 is 24.8 Å². The van der Waals surface area contributed by atoms with Crippen molar-refractivity contribution in [2.45, 2.75) is 32.1 Å². The molecule has 3 nitrogen and oxygen atoms in total. The van der Waals surface area contributed by atoms with Gasteiger partial charge in [-0.2, -0.15) is 0 Å². The molecule has 1 saturated heterocycles. The molecule has 0 unspecified atom stereocenters. The van der Waals surface area contributed by atoms with Crippen molar-refractivity contribution in [3.8, 4) is 5.75 Å². The lowest BCUT2D eigenvalue weighted by Gasteiger charge is -2.36. The molecule has 28 heavy (non-hydrogen) atoms. The van der Waals surface area contributed by atoms with E-state index in [1.165, 1.54) is 42.5 Å². The van der Waals surface area contributed by atoms with Crippen molar-refractivity contribution in [1.82, 2.24) is 4.90 Å². The van der Waals surface area contributed by atoms with Gasteiger partial charge in [0, 0.05) is 38.4 Å². The first-order chi connectivity index (χ1) is 12.9. The average molecular weight is 423 g/mol. The normalized spacial score (nSPS) is 16.5. The summed E-state index contributed by atoms with van der Waals surface area (Å²) in [5.41, 5.74) is 4.32. The quantitative estimate of drug-likeness (QED) is 0.609. The minimum absolute atomic E-state index is 0. The standard InChI is InChI=1S/C23H30N2O.2ClH/c1-2-10-21(11-3-1)25-17-15-24(16-18-25)14-7-19-26-23-13-6-9-20-8-4-5-12-22(20)23;;/h1-3,6,9-11,13H,4-5,7-8,12,14-19H2;2*1H. The zero-order valence-electron chi connectivity index (χ0n) is 16.5. The molecule has 0 bridgehead atoms. The van der Waals surface area contributed by atoms with Crippen molar-refractivity contribution in [1.29, 1.82) is 0 Å². The van der Waals surface area contributed by atoms with Gasteiger partial charge in [-0.05, 0) is 61.4 Å². The van der Waals surface area contributed by atoms with Gasteiger partial charge in [0.05, 0.1) is 6.61 Å². The second-order valence-electron chi connectivity index (χ2n) is 7.47. The van der Waals surface area contributed by atoms with Gasteiger partial charge < -0.3 is 9.64 Å². The molecule has 1 fully saturated rings. The van der Waals surface area contributed by atoms with Crippen LogP contribution in [0, 0.1) is 0 Å². The fraction of sp³-hybridized carbons (Fsp3) is 0.478. The van der Waals surface area contributed by atoms with Crippen molar-refractivity contribution in [2.24, 2.45) is 0 Å². The molecule has 2 aromatic carbocycles. The summed E-state index contributed by atoms with van der Waals surface area (Å²) in [4.78, 5) is 5.06.